The predicted octanol–water partition coefficient (Wildman–Crippen LogP) is 3.43. The summed E-state index contributed by atoms with van der Waals surface area (Å²) in [7, 11) is -3.24. The maximum absolute atomic E-state index is 15.0. The van der Waals surface area contributed by atoms with E-state index in [0.717, 1.165) is 38.1 Å². The first-order chi connectivity index (χ1) is 17.8. The molecular weight excluding hydrogens is 509 g/mol. The normalized spacial score (nSPS) is 19.4. The minimum absolute atomic E-state index is 0.0287. The highest BCUT2D eigenvalue weighted by Gasteiger charge is 2.52. The molecule has 0 spiro atoms. The highest BCUT2D eigenvalue weighted by atomic mass is 32.2. The van der Waals surface area contributed by atoms with E-state index < -0.39 is 45.5 Å². The van der Waals surface area contributed by atoms with E-state index in [1.165, 1.54) is 6.20 Å². The zero-order valence-electron chi connectivity index (χ0n) is 19.6. The molecule has 1 aliphatic heterocycles. The number of nitrogens with one attached hydrogen (secondary N) is 3. The Morgan fingerprint density at radius 1 is 1.11 bits per heavy atom. The molecule has 37 heavy (non-hydrogen) atoms. The lowest BCUT2D eigenvalue weighted by atomic mass is 10.0. The van der Waals surface area contributed by atoms with Crippen molar-refractivity contribution in [1.82, 2.24) is 25.0 Å². The van der Waals surface area contributed by atoms with E-state index in [-0.39, 0.29) is 24.8 Å². The highest BCUT2D eigenvalue weighted by molar-refractivity contribution is 7.70. The van der Waals surface area contributed by atoms with E-state index in [4.69, 9.17) is 4.74 Å². The average Bonchev–Trinajstić information content (AvgIpc) is 3.65. The van der Waals surface area contributed by atoms with Gasteiger partial charge in [-0.25, -0.2) is 36.9 Å². The molecule has 0 unspecified atom stereocenters. The van der Waals surface area contributed by atoms with Crippen molar-refractivity contribution in [3.63, 3.8) is 0 Å². The number of benzene rings is 1. The number of nitrogens with zero attached hydrogens (tertiary/aromatic N) is 3. The summed E-state index contributed by atoms with van der Waals surface area (Å²) in [5, 5.41) is 6.60. The standard InChI is InChI=1S/C24H25F3N6O3S/c25-19-16(21(33-37(34)35)24(27)8-9-24)5-6-18(20(19)26)36-22-15(4-2-11-29-22)17-7-12-30-23(32-17)31-14-3-1-10-28-13-14/h2,4-7,11-12,14,21,28,37H,1,3,8-10,13H2,(H,30,31,32)(H,33,34,35)/t14-,21-/m0/s1. The summed E-state index contributed by atoms with van der Waals surface area (Å²) in [6.45, 7) is 1.76. The van der Waals surface area contributed by atoms with Gasteiger partial charge in [-0.2, -0.15) is 4.39 Å². The van der Waals surface area contributed by atoms with Gasteiger partial charge in [0, 0.05) is 30.5 Å². The SMILES string of the molecule is O=[SH](=O)N[C@@H](c1ccc(Oc2ncccc2-c2ccnc(N[C@H]3CCCNC3)n2)c(F)c1F)C1(F)CC1. The number of rotatable bonds is 9. The van der Waals surface area contributed by atoms with Crippen LogP contribution in [0.2, 0.25) is 0 Å². The molecule has 13 heteroatoms. The summed E-state index contributed by atoms with van der Waals surface area (Å²) < 4.78 is 74.7. The fourth-order valence-electron chi connectivity index (χ4n) is 4.33. The molecule has 1 saturated carbocycles. The summed E-state index contributed by atoms with van der Waals surface area (Å²) in [5.41, 5.74) is -1.53. The Morgan fingerprint density at radius 2 is 1.95 bits per heavy atom. The van der Waals surface area contributed by atoms with Crippen LogP contribution in [0.4, 0.5) is 19.1 Å². The quantitative estimate of drug-likeness (QED) is 0.309. The van der Waals surface area contributed by atoms with Crippen LogP contribution in [0, 0.1) is 11.6 Å². The largest absolute Gasteiger partial charge is 0.435 e. The molecule has 2 fully saturated rings. The van der Waals surface area contributed by atoms with Crippen molar-refractivity contribution in [3.8, 4) is 22.9 Å². The first kappa shape index (κ1) is 25.4. The van der Waals surface area contributed by atoms with Crippen LogP contribution in [0.25, 0.3) is 11.3 Å². The lowest BCUT2D eigenvalue weighted by molar-refractivity contribution is 0.241. The number of aromatic nitrogens is 3. The maximum Gasteiger partial charge on any atom is 0.228 e. The van der Waals surface area contributed by atoms with Crippen molar-refractivity contribution in [2.75, 3.05) is 18.4 Å². The van der Waals surface area contributed by atoms with Crippen LogP contribution < -0.4 is 20.1 Å². The van der Waals surface area contributed by atoms with Gasteiger partial charge in [-0.15, -0.1) is 0 Å². The van der Waals surface area contributed by atoms with Gasteiger partial charge < -0.3 is 15.4 Å². The number of alkyl halides is 1. The molecule has 1 saturated heterocycles. The second kappa shape index (κ2) is 10.6. The zero-order chi connectivity index (χ0) is 26.0. The molecule has 3 N–H and O–H groups in total. The predicted molar refractivity (Wildman–Crippen MR) is 130 cm³/mol. The number of thiol groups is 1. The zero-order valence-corrected chi connectivity index (χ0v) is 20.5. The Hall–Kier alpha value is -3.29. The Bertz CT molecular complexity index is 1360. The maximum atomic E-state index is 15.0. The number of piperidine rings is 1. The molecule has 2 aliphatic rings. The van der Waals surface area contributed by atoms with Crippen LogP contribution in [0.5, 0.6) is 11.6 Å². The number of halogens is 3. The fraction of sp³-hybridized carbons (Fsp3) is 0.375. The van der Waals surface area contributed by atoms with E-state index >= 15 is 8.78 Å². The van der Waals surface area contributed by atoms with Gasteiger partial charge >= 0.3 is 0 Å². The smallest absolute Gasteiger partial charge is 0.228 e. The molecule has 196 valence electrons. The van der Waals surface area contributed by atoms with Crippen molar-refractivity contribution in [2.45, 2.75) is 43.4 Å². The Balaban J connectivity index is 1.41. The van der Waals surface area contributed by atoms with E-state index in [9.17, 15) is 12.8 Å². The van der Waals surface area contributed by atoms with E-state index in [0.29, 0.717) is 17.2 Å². The molecule has 5 rings (SSSR count). The molecule has 3 heterocycles. The third-order valence-corrected chi connectivity index (χ3v) is 6.88. The Kier molecular flexibility index (Phi) is 7.26. The second-order valence-corrected chi connectivity index (χ2v) is 9.82. The van der Waals surface area contributed by atoms with Gasteiger partial charge in [0.2, 0.25) is 28.5 Å². The van der Waals surface area contributed by atoms with Crippen molar-refractivity contribution < 1.29 is 26.3 Å². The minimum atomic E-state index is -3.24. The van der Waals surface area contributed by atoms with Gasteiger partial charge in [-0.1, -0.05) is 6.07 Å². The molecule has 0 amide bonds. The van der Waals surface area contributed by atoms with Gasteiger partial charge in [0.15, 0.2) is 11.6 Å². The molecule has 1 aliphatic carbocycles. The van der Waals surface area contributed by atoms with Crippen LogP contribution in [-0.2, 0) is 10.9 Å². The van der Waals surface area contributed by atoms with E-state index in [1.54, 1.807) is 24.4 Å². The molecule has 2 atom stereocenters. The molecule has 1 aromatic carbocycles. The third-order valence-electron chi connectivity index (χ3n) is 6.41. The summed E-state index contributed by atoms with van der Waals surface area (Å²) >= 11 is 0. The van der Waals surface area contributed by atoms with Gasteiger partial charge in [-0.3, -0.25) is 0 Å². The van der Waals surface area contributed by atoms with Crippen LogP contribution >= 0.6 is 0 Å². The first-order valence-corrected chi connectivity index (χ1v) is 13.0. The van der Waals surface area contributed by atoms with Crippen molar-refractivity contribution in [1.29, 1.82) is 0 Å². The molecule has 0 bridgehead atoms. The Morgan fingerprint density at radius 3 is 2.68 bits per heavy atom. The number of hydrogen-bond acceptors (Lipinski definition) is 8. The third kappa shape index (κ3) is 5.68. The summed E-state index contributed by atoms with van der Waals surface area (Å²) in [6, 6.07) is 5.84. The number of ether oxygens (including phenoxy) is 1. The highest BCUT2D eigenvalue weighted by Crippen LogP contribution is 2.50. The monoisotopic (exact) mass is 534 g/mol. The summed E-state index contributed by atoms with van der Waals surface area (Å²) in [6.07, 6.45) is 5.10. The second-order valence-electron chi connectivity index (χ2n) is 9.05. The first-order valence-electron chi connectivity index (χ1n) is 11.8. The van der Waals surface area contributed by atoms with E-state index in [2.05, 4.69) is 25.6 Å². The van der Waals surface area contributed by atoms with Crippen LogP contribution in [0.1, 0.15) is 37.3 Å². The molecule has 9 nitrogen and oxygen atoms in total. The van der Waals surface area contributed by atoms with Gasteiger partial charge in [0.05, 0.1) is 17.3 Å². The van der Waals surface area contributed by atoms with Crippen molar-refractivity contribution >= 4 is 16.8 Å². The van der Waals surface area contributed by atoms with Crippen molar-refractivity contribution in [2.24, 2.45) is 0 Å². The number of pyridine rings is 1. The fourth-order valence-corrected chi connectivity index (χ4v) is 4.91. The lowest BCUT2D eigenvalue weighted by Crippen LogP contribution is -2.38. The Labute approximate surface area is 213 Å². The number of anilines is 1. The van der Waals surface area contributed by atoms with Gasteiger partial charge in [0.1, 0.15) is 5.67 Å². The topological polar surface area (TPSA) is 118 Å². The number of hydrogen-bond donors (Lipinski definition) is 4. The van der Waals surface area contributed by atoms with Crippen LogP contribution in [0.15, 0.2) is 42.7 Å². The molecule has 3 aromatic rings. The average molecular weight is 535 g/mol. The lowest BCUT2D eigenvalue weighted by Gasteiger charge is -2.23. The molecular formula is C24H25F3N6O3S. The summed E-state index contributed by atoms with van der Waals surface area (Å²) in [4.78, 5) is 13.0. The molecule has 2 aromatic heterocycles. The van der Waals surface area contributed by atoms with Crippen molar-refractivity contribution in [3.05, 3.63) is 59.9 Å². The van der Waals surface area contributed by atoms with Gasteiger partial charge in [-0.05, 0) is 56.5 Å². The van der Waals surface area contributed by atoms with Crippen LogP contribution in [-0.4, -0.2) is 48.2 Å². The van der Waals surface area contributed by atoms with E-state index in [1.807, 2.05) is 4.72 Å². The minimum Gasteiger partial charge on any atom is -0.435 e. The van der Waals surface area contributed by atoms with Gasteiger partial charge in [0.25, 0.3) is 0 Å². The van der Waals surface area contributed by atoms with Crippen LogP contribution in [0.3, 0.4) is 0 Å². The summed E-state index contributed by atoms with van der Waals surface area (Å²) in [5.74, 6) is -2.89. The molecule has 0 radical (unpaired) electrons.